The molecule has 0 fully saturated rings. The number of hydrogen-bond donors (Lipinski definition) is 4. The fourth-order valence-corrected chi connectivity index (χ4v) is 4.05. The Kier molecular flexibility index (Phi) is 8.68. The maximum atomic E-state index is 12.4. The fraction of sp³-hybridized carbons (Fsp3) is 0.250. The summed E-state index contributed by atoms with van der Waals surface area (Å²) in [7, 11) is 4.34. The van der Waals surface area contributed by atoms with Crippen molar-refractivity contribution in [3.8, 4) is 45.4 Å². The summed E-state index contributed by atoms with van der Waals surface area (Å²) in [5.74, 6) is -1.39. The van der Waals surface area contributed by atoms with Crippen molar-refractivity contribution in [1.29, 1.82) is 0 Å². The van der Waals surface area contributed by atoms with Gasteiger partial charge >= 0.3 is 5.97 Å². The lowest BCUT2D eigenvalue weighted by molar-refractivity contribution is -0.138. The number of carboxylic acids is 1. The predicted octanol–water partition coefficient (Wildman–Crippen LogP) is 3.13. The third-order valence-corrected chi connectivity index (χ3v) is 5.75. The van der Waals surface area contributed by atoms with Crippen molar-refractivity contribution < 1.29 is 38.8 Å². The maximum absolute atomic E-state index is 12.4. The second-order valence-corrected chi connectivity index (χ2v) is 8.07. The van der Waals surface area contributed by atoms with Gasteiger partial charge in [0.05, 0.1) is 45.7 Å². The molecule has 190 valence electrons. The summed E-state index contributed by atoms with van der Waals surface area (Å²) in [6.45, 7) is -0.329. The number of carboxylic acid groups (broad SMARTS) is 1. The number of nitrogens with zero attached hydrogens (tertiary/aromatic N) is 1. The maximum Gasteiger partial charge on any atom is 0.303 e. The first-order chi connectivity index (χ1) is 17.3. The highest BCUT2D eigenvalue weighted by atomic mass is 32.1. The minimum absolute atomic E-state index is 0.120. The number of amides is 2. The molecule has 1 heterocycles. The third-order valence-electron chi connectivity index (χ3n) is 5.12. The van der Waals surface area contributed by atoms with Crippen LogP contribution in [0.2, 0.25) is 0 Å². The molecule has 1 aromatic heterocycles. The molecule has 0 aliphatic heterocycles. The summed E-state index contributed by atoms with van der Waals surface area (Å²) < 4.78 is 20.4. The number of methoxy groups -OCH3 is 3. The minimum Gasteiger partial charge on any atom is -0.502 e. The van der Waals surface area contributed by atoms with Crippen LogP contribution in [0.3, 0.4) is 0 Å². The number of phenols is 1. The Morgan fingerprint density at radius 3 is 2.19 bits per heavy atom. The SMILES string of the molecule is COc1ccc(-c2csnc2-c2cc(OC)c(O)c(OC)c2)cc1NC(=O)CNC(=O)CCC(=O)O. The average molecular weight is 516 g/mol. The molecule has 4 N–H and O–H groups in total. The molecule has 2 aromatic carbocycles. The number of carbonyl (C=O) groups is 3. The van der Waals surface area contributed by atoms with Crippen LogP contribution >= 0.6 is 11.5 Å². The highest BCUT2D eigenvalue weighted by Crippen LogP contribution is 2.43. The molecule has 0 aliphatic carbocycles. The van der Waals surface area contributed by atoms with E-state index in [0.29, 0.717) is 22.7 Å². The number of phenolic OH excluding ortho intramolecular Hbond substituents is 1. The molecule has 0 aliphatic rings. The Balaban J connectivity index is 1.85. The molecule has 0 radical (unpaired) electrons. The van der Waals surface area contributed by atoms with E-state index in [2.05, 4.69) is 15.0 Å². The van der Waals surface area contributed by atoms with Gasteiger partial charge in [0.25, 0.3) is 0 Å². The molecule has 12 heteroatoms. The van der Waals surface area contributed by atoms with E-state index in [0.717, 1.165) is 11.1 Å². The lowest BCUT2D eigenvalue weighted by Crippen LogP contribution is -2.33. The summed E-state index contributed by atoms with van der Waals surface area (Å²) >= 11 is 1.23. The molecular weight excluding hydrogens is 490 g/mol. The van der Waals surface area contributed by atoms with E-state index >= 15 is 0 Å². The van der Waals surface area contributed by atoms with Gasteiger partial charge in [-0.3, -0.25) is 14.4 Å². The topological polar surface area (TPSA) is 156 Å². The third kappa shape index (κ3) is 6.21. The van der Waals surface area contributed by atoms with Crippen LogP contribution in [0.25, 0.3) is 22.4 Å². The standard InChI is InChI=1S/C24H25N3O8S/c1-33-17-5-4-13(8-16(17)26-21(29)11-25-20(28)6-7-22(30)31)15-12-36-27-23(15)14-9-18(34-2)24(32)19(10-14)35-3/h4-5,8-10,12,32H,6-7,11H2,1-3H3,(H,25,28)(H,26,29)(H,30,31). The number of nitrogens with one attached hydrogen (secondary N) is 2. The van der Waals surface area contributed by atoms with Crippen LogP contribution in [0.1, 0.15) is 12.8 Å². The van der Waals surface area contributed by atoms with Crippen molar-refractivity contribution in [2.24, 2.45) is 0 Å². The number of carbonyl (C=O) groups excluding carboxylic acids is 2. The van der Waals surface area contributed by atoms with Crippen molar-refractivity contribution in [1.82, 2.24) is 9.69 Å². The highest BCUT2D eigenvalue weighted by molar-refractivity contribution is 7.04. The predicted molar refractivity (Wildman–Crippen MR) is 133 cm³/mol. The highest BCUT2D eigenvalue weighted by Gasteiger charge is 2.19. The van der Waals surface area contributed by atoms with Gasteiger partial charge in [0.1, 0.15) is 5.75 Å². The molecule has 3 rings (SSSR count). The van der Waals surface area contributed by atoms with Gasteiger partial charge in [-0.15, -0.1) is 0 Å². The Labute approximate surface area is 210 Å². The summed E-state index contributed by atoms with van der Waals surface area (Å²) in [5, 5.41) is 25.8. The lowest BCUT2D eigenvalue weighted by atomic mass is 10.0. The molecule has 0 saturated heterocycles. The van der Waals surface area contributed by atoms with Crippen LogP contribution < -0.4 is 24.8 Å². The van der Waals surface area contributed by atoms with Crippen molar-refractivity contribution in [2.45, 2.75) is 12.8 Å². The van der Waals surface area contributed by atoms with Crippen LogP contribution in [-0.2, 0) is 14.4 Å². The van der Waals surface area contributed by atoms with E-state index < -0.39 is 17.8 Å². The van der Waals surface area contributed by atoms with Crippen molar-refractivity contribution >= 4 is 35.0 Å². The Bertz CT molecular complexity index is 1250. The smallest absolute Gasteiger partial charge is 0.303 e. The van der Waals surface area contributed by atoms with Crippen LogP contribution in [0.5, 0.6) is 23.0 Å². The van der Waals surface area contributed by atoms with E-state index in [1.54, 1.807) is 24.3 Å². The Morgan fingerprint density at radius 2 is 1.58 bits per heavy atom. The molecule has 0 bridgehead atoms. The zero-order valence-corrected chi connectivity index (χ0v) is 20.6. The van der Waals surface area contributed by atoms with Gasteiger partial charge in [-0.1, -0.05) is 6.07 Å². The van der Waals surface area contributed by atoms with E-state index in [1.165, 1.54) is 32.9 Å². The average Bonchev–Trinajstić information content (AvgIpc) is 3.36. The summed E-state index contributed by atoms with van der Waals surface area (Å²) in [5.41, 5.74) is 3.13. The zero-order valence-electron chi connectivity index (χ0n) is 19.8. The van der Waals surface area contributed by atoms with Crippen molar-refractivity contribution in [3.05, 3.63) is 35.7 Å². The van der Waals surface area contributed by atoms with E-state index in [1.807, 2.05) is 11.4 Å². The minimum atomic E-state index is -1.09. The quantitative estimate of drug-likeness (QED) is 0.301. The molecule has 0 spiro atoms. The molecule has 3 aromatic rings. The number of benzene rings is 2. The number of ether oxygens (including phenoxy) is 3. The monoisotopic (exact) mass is 515 g/mol. The molecule has 0 unspecified atom stereocenters. The molecule has 2 amide bonds. The van der Waals surface area contributed by atoms with Gasteiger partial charge in [0.15, 0.2) is 11.5 Å². The number of aromatic hydroxyl groups is 1. The fourth-order valence-electron chi connectivity index (χ4n) is 3.34. The van der Waals surface area contributed by atoms with Gasteiger partial charge in [0, 0.05) is 22.9 Å². The first-order valence-corrected chi connectivity index (χ1v) is 11.5. The number of anilines is 1. The molecule has 0 saturated carbocycles. The molecular formula is C24H25N3O8S. The van der Waals surface area contributed by atoms with E-state index in [4.69, 9.17) is 19.3 Å². The number of hydrogen-bond acceptors (Lipinski definition) is 9. The first kappa shape index (κ1) is 26.3. The van der Waals surface area contributed by atoms with Crippen LogP contribution in [-0.4, -0.2) is 60.2 Å². The largest absolute Gasteiger partial charge is 0.502 e. The van der Waals surface area contributed by atoms with Gasteiger partial charge in [-0.2, -0.15) is 4.37 Å². The number of aliphatic carboxylic acids is 1. The molecule has 36 heavy (non-hydrogen) atoms. The summed E-state index contributed by atoms with van der Waals surface area (Å²) in [6, 6.07) is 8.51. The number of rotatable bonds is 11. The molecule has 0 atom stereocenters. The van der Waals surface area contributed by atoms with Crippen molar-refractivity contribution in [3.63, 3.8) is 0 Å². The van der Waals surface area contributed by atoms with Gasteiger partial charge in [0.2, 0.25) is 17.6 Å². The van der Waals surface area contributed by atoms with Gasteiger partial charge in [-0.25, -0.2) is 0 Å². The zero-order chi connectivity index (χ0) is 26.2. The number of aromatic nitrogens is 1. The van der Waals surface area contributed by atoms with Crippen LogP contribution in [0.15, 0.2) is 35.7 Å². The summed E-state index contributed by atoms with van der Waals surface area (Å²) in [4.78, 5) is 34.7. The van der Waals surface area contributed by atoms with Crippen LogP contribution in [0.4, 0.5) is 5.69 Å². The normalized spacial score (nSPS) is 10.4. The first-order valence-electron chi connectivity index (χ1n) is 10.6. The second kappa shape index (κ2) is 11.9. The van der Waals surface area contributed by atoms with Crippen LogP contribution in [0, 0.1) is 0 Å². The Hall–Kier alpha value is -4.32. The lowest BCUT2D eigenvalue weighted by Gasteiger charge is -2.14. The van der Waals surface area contributed by atoms with Crippen molar-refractivity contribution in [2.75, 3.05) is 33.2 Å². The Morgan fingerprint density at radius 1 is 0.917 bits per heavy atom. The summed E-state index contributed by atoms with van der Waals surface area (Å²) in [6.07, 6.45) is -0.540. The second-order valence-electron chi connectivity index (χ2n) is 7.44. The van der Waals surface area contributed by atoms with Gasteiger partial charge < -0.3 is 35.1 Å². The van der Waals surface area contributed by atoms with Gasteiger partial charge in [-0.05, 0) is 41.4 Å². The van der Waals surface area contributed by atoms with E-state index in [9.17, 15) is 19.5 Å². The van der Waals surface area contributed by atoms with E-state index in [-0.39, 0.29) is 36.6 Å². The molecule has 11 nitrogen and oxygen atoms in total.